The van der Waals surface area contributed by atoms with E-state index in [2.05, 4.69) is 0 Å². The lowest BCUT2D eigenvalue weighted by atomic mass is 10.3. The molecule has 0 amide bonds. The van der Waals surface area contributed by atoms with E-state index < -0.39 is 0 Å². The first-order valence-corrected chi connectivity index (χ1v) is 2.64. The van der Waals surface area contributed by atoms with Crippen molar-refractivity contribution in [1.29, 1.82) is 0 Å². The maximum absolute atomic E-state index is 8.57. The quantitative estimate of drug-likeness (QED) is 0.586. The minimum absolute atomic E-state index is 0.269. The molecule has 0 heterocycles. The largest absolute Gasteiger partial charge is 0.393 e. The second-order valence-corrected chi connectivity index (χ2v) is 1.70. The second kappa shape index (κ2) is 4.16. The number of hydrogen-bond acceptors (Lipinski definition) is 1. The van der Waals surface area contributed by atoms with E-state index in [1.807, 2.05) is 0 Å². The fourth-order valence-corrected chi connectivity index (χ4v) is 0.351. The minimum Gasteiger partial charge on any atom is -0.393 e. The molecule has 0 spiro atoms. The van der Waals surface area contributed by atoms with Gasteiger partial charge < -0.3 is 5.11 Å². The van der Waals surface area contributed by atoms with Gasteiger partial charge in [0.25, 0.3) is 0 Å². The van der Waals surface area contributed by atoms with Crippen LogP contribution in [0.5, 0.6) is 0 Å². The Labute approximate surface area is 48.6 Å². The first-order valence-electron chi connectivity index (χ1n) is 2.20. The van der Waals surface area contributed by atoms with Gasteiger partial charge in [0.15, 0.2) is 0 Å². The summed E-state index contributed by atoms with van der Waals surface area (Å²) in [5.41, 5.74) is 1.41. The molecule has 0 unspecified atom stereocenters. The highest BCUT2D eigenvalue weighted by atomic mass is 35.5. The molecule has 0 bridgehead atoms. The van der Waals surface area contributed by atoms with Gasteiger partial charge in [-0.2, -0.15) is 0 Å². The summed E-state index contributed by atoms with van der Waals surface area (Å²) in [7, 11) is 0. The van der Waals surface area contributed by atoms with Crippen LogP contribution in [0, 0.1) is 0 Å². The van der Waals surface area contributed by atoms with Crippen LogP contribution in [0.15, 0.2) is 11.6 Å². The van der Waals surface area contributed by atoms with Crippen LogP contribution >= 0.6 is 11.6 Å². The fourth-order valence-electron chi connectivity index (χ4n) is 0.248. The summed E-state index contributed by atoms with van der Waals surface area (Å²) < 4.78 is 0. The van der Waals surface area contributed by atoms with Crippen molar-refractivity contribution < 1.29 is 5.11 Å². The molecule has 7 heavy (non-hydrogen) atoms. The van der Waals surface area contributed by atoms with Crippen molar-refractivity contribution in [3.8, 4) is 0 Å². The monoisotopic (exact) mass is 120 g/mol. The number of aliphatic hydroxyl groups excluding tert-OH is 1. The summed E-state index contributed by atoms with van der Waals surface area (Å²) in [4.78, 5) is 0. The molecule has 0 fully saturated rings. The third-order valence-corrected chi connectivity index (χ3v) is 0.744. The zero-order chi connectivity index (χ0) is 5.70. The fraction of sp³-hybridized carbons (Fsp3) is 0.600. The summed E-state index contributed by atoms with van der Waals surface area (Å²) in [5, 5.41) is 8.57. The average Bonchev–Trinajstić information content (AvgIpc) is 1.61. The zero-order valence-electron chi connectivity index (χ0n) is 4.26. The first-order chi connectivity index (χ1) is 3.27. The van der Waals surface area contributed by atoms with Crippen LogP contribution in [-0.2, 0) is 0 Å². The zero-order valence-corrected chi connectivity index (χ0v) is 5.02. The maximum atomic E-state index is 8.57. The molecule has 0 aliphatic carbocycles. The molecule has 0 aromatic rings. The molecule has 0 aromatic carbocycles. The summed E-state index contributed by atoms with van der Waals surface area (Å²) in [6.07, 6.45) is 2.09. The Bertz CT molecular complexity index is 59.1. The van der Waals surface area contributed by atoms with Gasteiger partial charge in [-0.15, -0.1) is 0 Å². The SMILES string of the molecule is C[C@H](O)C/C=C\Cl. The van der Waals surface area contributed by atoms with E-state index in [1.165, 1.54) is 5.54 Å². The van der Waals surface area contributed by atoms with Gasteiger partial charge in [0.1, 0.15) is 0 Å². The summed E-state index contributed by atoms with van der Waals surface area (Å²) in [6.45, 7) is 1.72. The average molecular weight is 121 g/mol. The van der Waals surface area contributed by atoms with E-state index in [9.17, 15) is 0 Å². The molecule has 42 valence electrons. The van der Waals surface area contributed by atoms with Gasteiger partial charge >= 0.3 is 0 Å². The maximum Gasteiger partial charge on any atom is 0.0546 e. The van der Waals surface area contributed by atoms with Crippen LogP contribution in [0.3, 0.4) is 0 Å². The highest BCUT2D eigenvalue weighted by Gasteiger charge is 1.85. The van der Waals surface area contributed by atoms with Crippen molar-refractivity contribution in [2.75, 3.05) is 0 Å². The molecule has 0 saturated carbocycles. The second-order valence-electron chi connectivity index (χ2n) is 1.45. The Morgan fingerprint density at radius 2 is 2.43 bits per heavy atom. The van der Waals surface area contributed by atoms with Gasteiger partial charge in [0, 0.05) is 5.54 Å². The molecule has 1 atom stereocenters. The standard InChI is InChI=1S/C5H9ClO/c1-5(7)3-2-4-6/h2,4-5,7H,3H2,1H3/b4-2-/t5-/m0/s1. The third-order valence-electron chi connectivity index (χ3n) is 0.566. The van der Waals surface area contributed by atoms with E-state index >= 15 is 0 Å². The minimum atomic E-state index is -0.269. The summed E-state index contributed by atoms with van der Waals surface area (Å²) >= 11 is 5.15. The molecule has 0 radical (unpaired) electrons. The van der Waals surface area contributed by atoms with E-state index in [1.54, 1.807) is 13.0 Å². The van der Waals surface area contributed by atoms with E-state index in [4.69, 9.17) is 16.7 Å². The first kappa shape index (κ1) is 6.99. The normalized spacial score (nSPS) is 15.3. The highest BCUT2D eigenvalue weighted by Crippen LogP contribution is 1.90. The van der Waals surface area contributed by atoms with Crippen molar-refractivity contribution in [3.05, 3.63) is 11.6 Å². The summed E-state index contributed by atoms with van der Waals surface area (Å²) in [5.74, 6) is 0. The predicted octanol–water partition coefficient (Wildman–Crippen LogP) is 1.51. The number of rotatable bonds is 2. The van der Waals surface area contributed by atoms with Crippen molar-refractivity contribution in [2.24, 2.45) is 0 Å². The Morgan fingerprint density at radius 3 is 2.57 bits per heavy atom. The molecule has 0 aliphatic heterocycles. The van der Waals surface area contributed by atoms with Crippen LogP contribution in [-0.4, -0.2) is 11.2 Å². The number of halogens is 1. The topological polar surface area (TPSA) is 20.2 Å². The molecule has 1 N–H and O–H groups in total. The van der Waals surface area contributed by atoms with Gasteiger partial charge in [-0.1, -0.05) is 17.7 Å². The van der Waals surface area contributed by atoms with Crippen molar-refractivity contribution in [1.82, 2.24) is 0 Å². The molecule has 0 aromatic heterocycles. The van der Waals surface area contributed by atoms with Crippen LogP contribution in [0.25, 0.3) is 0 Å². The number of hydrogen-bond donors (Lipinski definition) is 1. The molecule has 2 heteroatoms. The van der Waals surface area contributed by atoms with Gasteiger partial charge in [0.05, 0.1) is 6.10 Å². The lowest BCUT2D eigenvalue weighted by molar-refractivity contribution is 0.198. The Balaban J connectivity index is 2.97. The van der Waals surface area contributed by atoms with Crippen molar-refractivity contribution >= 4 is 11.6 Å². The molecule has 0 saturated heterocycles. The molecule has 0 rings (SSSR count). The van der Waals surface area contributed by atoms with Gasteiger partial charge in [-0.3, -0.25) is 0 Å². The smallest absolute Gasteiger partial charge is 0.0546 e. The Kier molecular flexibility index (Phi) is 4.15. The van der Waals surface area contributed by atoms with Gasteiger partial charge in [-0.25, -0.2) is 0 Å². The summed E-state index contributed by atoms with van der Waals surface area (Å²) in [6, 6.07) is 0. The van der Waals surface area contributed by atoms with Crippen molar-refractivity contribution in [2.45, 2.75) is 19.4 Å². The third kappa shape index (κ3) is 5.99. The van der Waals surface area contributed by atoms with Crippen molar-refractivity contribution in [3.63, 3.8) is 0 Å². The lowest BCUT2D eigenvalue weighted by Gasteiger charge is -1.93. The number of aliphatic hydroxyl groups is 1. The molecule has 0 aliphatic rings. The predicted molar refractivity (Wildman–Crippen MR) is 31.3 cm³/mol. The van der Waals surface area contributed by atoms with E-state index in [0.29, 0.717) is 6.42 Å². The lowest BCUT2D eigenvalue weighted by Crippen LogP contribution is -1.94. The van der Waals surface area contributed by atoms with Gasteiger partial charge in [0.2, 0.25) is 0 Å². The van der Waals surface area contributed by atoms with E-state index in [-0.39, 0.29) is 6.10 Å². The molecular formula is C5H9ClO. The van der Waals surface area contributed by atoms with Gasteiger partial charge in [-0.05, 0) is 13.3 Å². The Morgan fingerprint density at radius 1 is 1.86 bits per heavy atom. The van der Waals surface area contributed by atoms with Crippen LogP contribution in [0.4, 0.5) is 0 Å². The van der Waals surface area contributed by atoms with Crippen LogP contribution in [0.1, 0.15) is 13.3 Å². The van der Waals surface area contributed by atoms with Crippen LogP contribution < -0.4 is 0 Å². The molecule has 1 nitrogen and oxygen atoms in total. The molecular weight excluding hydrogens is 112 g/mol. The Hall–Kier alpha value is -0.0100. The highest BCUT2D eigenvalue weighted by molar-refractivity contribution is 6.25. The van der Waals surface area contributed by atoms with Crippen LogP contribution in [0.2, 0.25) is 0 Å². The van der Waals surface area contributed by atoms with E-state index in [0.717, 1.165) is 0 Å².